The van der Waals surface area contributed by atoms with E-state index >= 15 is 0 Å². The minimum Gasteiger partial charge on any atom is -0.290 e. The first-order valence-corrected chi connectivity index (χ1v) is 9.09. The lowest BCUT2D eigenvalue weighted by atomic mass is 9.95. The smallest absolute Gasteiger partial charge is 0.0604 e. The van der Waals surface area contributed by atoms with Gasteiger partial charge in [-0.2, -0.15) is 0 Å². The van der Waals surface area contributed by atoms with Crippen molar-refractivity contribution in [3.63, 3.8) is 0 Å². The van der Waals surface area contributed by atoms with Gasteiger partial charge in [0, 0.05) is 16.1 Å². The first-order valence-electron chi connectivity index (χ1n) is 8.33. The molecule has 0 amide bonds. The van der Waals surface area contributed by atoms with E-state index in [1.54, 1.807) is 0 Å². The van der Waals surface area contributed by atoms with Crippen LogP contribution in [0.1, 0.15) is 50.8 Å². The van der Waals surface area contributed by atoms with E-state index < -0.39 is 0 Å². The largest absolute Gasteiger partial charge is 0.290 e. The molecule has 0 spiro atoms. The van der Waals surface area contributed by atoms with Gasteiger partial charge in [-0.15, -0.1) is 0 Å². The van der Waals surface area contributed by atoms with Crippen molar-refractivity contribution in [3.8, 4) is 0 Å². The number of nitrogens with zero attached hydrogens (tertiary/aromatic N) is 1. The van der Waals surface area contributed by atoms with Crippen LogP contribution < -0.4 is 0 Å². The molecule has 2 aromatic carbocycles. The van der Waals surface area contributed by atoms with E-state index in [1.807, 2.05) is 24.3 Å². The molecule has 0 bridgehead atoms. The second-order valence-electron chi connectivity index (χ2n) is 6.00. The first kappa shape index (κ1) is 18.3. The highest BCUT2D eigenvalue weighted by atomic mass is 35.5. The number of hydrogen-bond acceptors (Lipinski definition) is 1. The summed E-state index contributed by atoms with van der Waals surface area (Å²) in [5, 5.41) is 1.54. The fourth-order valence-corrected chi connectivity index (χ4v) is 3.21. The van der Waals surface area contributed by atoms with Crippen molar-refractivity contribution in [1.82, 2.24) is 4.90 Å². The van der Waals surface area contributed by atoms with E-state index in [0.717, 1.165) is 29.4 Å². The zero-order valence-corrected chi connectivity index (χ0v) is 15.6. The molecule has 0 aliphatic heterocycles. The van der Waals surface area contributed by atoms with Crippen molar-refractivity contribution in [2.45, 2.75) is 45.7 Å². The number of benzene rings is 2. The molecular formula is C20H25Cl2N. The SMILES string of the molecule is CCCN(C(C)CC)C(c1ccc(Cl)cc1)c1ccc(Cl)cc1. The number of halogens is 2. The van der Waals surface area contributed by atoms with E-state index in [9.17, 15) is 0 Å². The second kappa shape index (κ2) is 8.73. The van der Waals surface area contributed by atoms with E-state index in [2.05, 4.69) is 49.9 Å². The zero-order valence-electron chi connectivity index (χ0n) is 14.1. The van der Waals surface area contributed by atoms with Gasteiger partial charge < -0.3 is 0 Å². The van der Waals surface area contributed by atoms with Gasteiger partial charge >= 0.3 is 0 Å². The predicted octanol–water partition coefficient (Wildman–Crippen LogP) is 6.59. The molecule has 3 heteroatoms. The fourth-order valence-electron chi connectivity index (χ4n) is 2.96. The third-order valence-electron chi connectivity index (χ3n) is 4.34. The minimum absolute atomic E-state index is 0.222. The molecule has 0 radical (unpaired) electrons. The Balaban J connectivity index is 2.48. The zero-order chi connectivity index (χ0) is 16.8. The maximum atomic E-state index is 6.08. The number of hydrogen-bond donors (Lipinski definition) is 0. The Morgan fingerprint density at radius 3 is 1.61 bits per heavy atom. The van der Waals surface area contributed by atoms with Gasteiger partial charge in [0.2, 0.25) is 0 Å². The van der Waals surface area contributed by atoms with Crippen molar-refractivity contribution < 1.29 is 0 Å². The van der Waals surface area contributed by atoms with Gasteiger partial charge in [-0.25, -0.2) is 0 Å². The Hall–Kier alpha value is -1.02. The Kier molecular flexibility index (Phi) is 6.95. The number of rotatable bonds is 7. The summed E-state index contributed by atoms with van der Waals surface area (Å²) < 4.78 is 0. The van der Waals surface area contributed by atoms with Gasteiger partial charge in [0.1, 0.15) is 0 Å². The Bertz CT molecular complexity index is 547. The summed E-state index contributed by atoms with van der Waals surface area (Å²) in [5.74, 6) is 0. The van der Waals surface area contributed by atoms with Crippen LogP contribution >= 0.6 is 23.2 Å². The maximum Gasteiger partial charge on any atom is 0.0604 e. The summed E-state index contributed by atoms with van der Waals surface area (Å²) in [5.41, 5.74) is 2.54. The quantitative estimate of drug-likeness (QED) is 0.544. The van der Waals surface area contributed by atoms with Crippen LogP contribution in [-0.2, 0) is 0 Å². The van der Waals surface area contributed by atoms with Gasteiger partial charge in [-0.05, 0) is 61.7 Å². The van der Waals surface area contributed by atoms with Crippen LogP contribution in [0.2, 0.25) is 10.0 Å². The fraction of sp³-hybridized carbons (Fsp3) is 0.400. The van der Waals surface area contributed by atoms with E-state index in [0.29, 0.717) is 6.04 Å². The Morgan fingerprint density at radius 2 is 1.26 bits per heavy atom. The molecule has 2 rings (SSSR count). The van der Waals surface area contributed by atoms with Crippen molar-refractivity contribution in [2.75, 3.05) is 6.54 Å². The molecule has 2 aromatic rings. The van der Waals surface area contributed by atoms with E-state index in [1.165, 1.54) is 11.1 Å². The third-order valence-corrected chi connectivity index (χ3v) is 4.85. The van der Waals surface area contributed by atoms with Crippen LogP contribution in [0.3, 0.4) is 0 Å². The van der Waals surface area contributed by atoms with Crippen LogP contribution in [0.5, 0.6) is 0 Å². The molecule has 0 aromatic heterocycles. The van der Waals surface area contributed by atoms with Crippen molar-refractivity contribution in [3.05, 3.63) is 69.7 Å². The molecule has 124 valence electrons. The summed E-state index contributed by atoms with van der Waals surface area (Å²) in [4.78, 5) is 2.58. The summed E-state index contributed by atoms with van der Waals surface area (Å²) in [7, 11) is 0. The highest BCUT2D eigenvalue weighted by Crippen LogP contribution is 2.32. The van der Waals surface area contributed by atoms with Gasteiger partial charge in [0.25, 0.3) is 0 Å². The first-order chi connectivity index (χ1) is 11.1. The average molecular weight is 350 g/mol. The normalized spacial score (nSPS) is 12.8. The average Bonchev–Trinajstić information content (AvgIpc) is 2.57. The van der Waals surface area contributed by atoms with Crippen LogP contribution in [0.15, 0.2) is 48.5 Å². The van der Waals surface area contributed by atoms with Crippen molar-refractivity contribution >= 4 is 23.2 Å². The molecule has 0 aliphatic carbocycles. The molecule has 0 N–H and O–H groups in total. The molecule has 0 heterocycles. The topological polar surface area (TPSA) is 3.24 Å². The lowest BCUT2D eigenvalue weighted by Gasteiger charge is -2.37. The van der Waals surface area contributed by atoms with Gasteiger partial charge in [-0.1, -0.05) is 61.3 Å². The van der Waals surface area contributed by atoms with Crippen LogP contribution in [-0.4, -0.2) is 17.5 Å². The van der Waals surface area contributed by atoms with Gasteiger partial charge in [0.15, 0.2) is 0 Å². The Morgan fingerprint density at radius 1 is 0.826 bits per heavy atom. The van der Waals surface area contributed by atoms with Gasteiger partial charge in [0.05, 0.1) is 6.04 Å². The Labute approximate surface area is 150 Å². The van der Waals surface area contributed by atoms with Crippen molar-refractivity contribution in [1.29, 1.82) is 0 Å². The lowest BCUT2D eigenvalue weighted by Crippen LogP contribution is -2.37. The molecule has 1 unspecified atom stereocenters. The van der Waals surface area contributed by atoms with E-state index in [-0.39, 0.29) is 6.04 Å². The lowest BCUT2D eigenvalue weighted by molar-refractivity contribution is 0.162. The molecule has 0 saturated carbocycles. The summed E-state index contributed by atoms with van der Waals surface area (Å²) >= 11 is 12.2. The molecular weight excluding hydrogens is 325 g/mol. The second-order valence-corrected chi connectivity index (χ2v) is 6.87. The van der Waals surface area contributed by atoms with Gasteiger partial charge in [-0.3, -0.25) is 4.90 Å². The van der Waals surface area contributed by atoms with E-state index in [4.69, 9.17) is 23.2 Å². The minimum atomic E-state index is 0.222. The van der Waals surface area contributed by atoms with Crippen LogP contribution in [0.4, 0.5) is 0 Å². The summed E-state index contributed by atoms with van der Waals surface area (Å²) in [6.07, 6.45) is 2.25. The third kappa shape index (κ3) is 4.73. The summed E-state index contributed by atoms with van der Waals surface area (Å²) in [6, 6.07) is 17.1. The highest BCUT2D eigenvalue weighted by Gasteiger charge is 2.25. The molecule has 1 atom stereocenters. The monoisotopic (exact) mass is 349 g/mol. The summed E-state index contributed by atoms with van der Waals surface area (Å²) in [6.45, 7) is 7.84. The predicted molar refractivity (Wildman–Crippen MR) is 101 cm³/mol. The molecule has 1 nitrogen and oxygen atoms in total. The van der Waals surface area contributed by atoms with Crippen LogP contribution in [0.25, 0.3) is 0 Å². The van der Waals surface area contributed by atoms with Crippen molar-refractivity contribution in [2.24, 2.45) is 0 Å². The molecule has 0 fully saturated rings. The molecule has 0 saturated heterocycles. The maximum absolute atomic E-state index is 6.08. The standard InChI is InChI=1S/C20H25Cl2N/c1-4-14-23(15(3)5-2)20(16-6-10-18(21)11-7-16)17-8-12-19(22)13-9-17/h6-13,15,20H,4-5,14H2,1-3H3. The molecule has 23 heavy (non-hydrogen) atoms. The molecule has 0 aliphatic rings. The highest BCUT2D eigenvalue weighted by molar-refractivity contribution is 6.30. The van der Waals surface area contributed by atoms with Crippen LogP contribution in [0, 0.1) is 0 Å².